The van der Waals surface area contributed by atoms with Gasteiger partial charge in [-0.05, 0) is 25.8 Å². The summed E-state index contributed by atoms with van der Waals surface area (Å²) in [4.78, 5) is 24.0. The number of hydrogen-bond donors (Lipinski definition) is 4. The molecule has 0 amide bonds. The molecule has 0 radical (unpaired) electrons. The average Bonchev–Trinajstić information content (AvgIpc) is 2.48. The minimum Gasteiger partial charge on any atom is -0.507 e. The Kier molecular flexibility index (Phi) is 4.09. The van der Waals surface area contributed by atoms with Crippen LogP contribution in [0.4, 0.5) is 0 Å². The standard InChI is InChI=1S/C15H16O7/c1-6(16)3-4-7-9(22-2)5-8-10(11(7)17)13(19)15(21)14(20)12(8)18/h5-6,16-17,20-21H,3-4H2,1-2H3. The third kappa shape index (κ3) is 2.39. The van der Waals surface area contributed by atoms with Crippen LogP contribution in [0.25, 0.3) is 0 Å². The number of phenols is 1. The molecule has 7 heteroatoms. The van der Waals surface area contributed by atoms with Gasteiger partial charge in [-0.1, -0.05) is 0 Å². The summed E-state index contributed by atoms with van der Waals surface area (Å²) >= 11 is 0. The van der Waals surface area contributed by atoms with E-state index >= 15 is 0 Å². The fourth-order valence-electron chi connectivity index (χ4n) is 2.33. The first-order chi connectivity index (χ1) is 10.3. The first kappa shape index (κ1) is 15.8. The van der Waals surface area contributed by atoms with Gasteiger partial charge in [0.1, 0.15) is 11.5 Å². The van der Waals surface area contributed by atoms with Gasteiger partial charge in [0, 0.05) is 11.1 Å². The van der Waals surface area contributed by atoms with Crippen LogP contribution in [0.2, 0.25) is 0 Å². The van der Waals surface area contributed by atoms with Crippen molar-refractivity contribution in [3.63, 3.8) is 0 Å². The highest BCUT2D eigenvalue weighted by molar-refractivity contribution is 6.26. The molecule has 1 aliphatic rings. The summed E-state index contributed by atoms with van der Waals surface area (Å²) in [5.41, 5.74) is -0.366. The van der Waals surface area contributed by atoms with Gasteiger partial charge in [0.15, 0.2) is 0 Å². The Hall–Kier alpha value is -2.54. The van der Waals surface area contributed by atoms with Crippen LogP contribution in [0.3, 0.4) is 0 Å². The minimum absolute atomic E-state index is 0.159. The number of aliphatic hydroxyl groups is 3. The smallest absolute Gasteiger partial charge is 0.235 e. The first-order valence-electron chi connectivity index (χ1n) is 6.62. The molecule has 0 saturated carbocycles. The van der Waals surface area contributed by atoms with Crippen molar-refractivity contribution in [2.75, 3.05) is 7.11 Å². The van der Waals surface area contributed by atoms with Gasteiger partial charge in [-0.15, -0.1) is 0 Å². The van der Waals surface area contributed by atoms with Crippen molar-refractivity contribution in [1.82, 2.24) is 0 Å². The maximum absolute atomic E-state index is 12.0. The van der Waals surface area contributed by atoms with Crippen molar-refractivity contribution in [2.24, 2.45) is 0 Å². The van der Waals surface area contributed by atoms with E-state index in [1.54, 1.807) is 6.92 Å². The number of ketones is 2. The summed E-state index contributed by atoms with van der Waals surface area (Å²) in [6.45, 7) is 1.57. The lowest BCUT2D eigenvalue weighted by Crippen LogP contribution is -2.23. The van der Waals surface area contributed by atoms with Crippen molar-refractivity contribution in [2.45, 2.75) is 25.9 Å². The van der Waals surface area contributed by atoms with E-state index in [-0.39, 0.29) is 28.9 Å². The minimum atomic E-state index is -1.10. The molecule has 0 spiro atoms. The Labute approximate surface area is 126 Å². The molecule has 1 aliphatic carbocycles. The molecule has 0 heterocycles. The Bertz CT molecular complexity index is 686. The number of carbonyl (C=O) groups is 2. The van der Waals surface area contributed by atoms with Crippen LogP contribution in [0, 0.1) is 0 Å². The Balaban J connectivity index is 2.65. The van der Waals surface area contributed by atoms with Crippen molar-refractivity contribution in [1.29, 1.82) is 0 Å². The van der Waals surface area contributed by atoms with Crippen LogP contribution in [-0.2, 0) is 6.42 Å². The quantitative estimate of drug-likeness (QED) is 0.663. The molecular formula is C15H16O7. The van der Waals surface area contributed by atoms with Gasteiger partial charge in [-0.25, -0.2) is 0 Å². The topological polar surface area (TPSA) is 124 Å². The summed E-state index contributed by atoms with van der Waals surface area (Å²) < 4.78 is 5.10. The fourth-order valence-corrected chi connectivity index (χ4v) is 2.33. The molecule has 1 atom stereocenters. The lowest BCUT2D eigenvalue weighted by Gasteiger charge is -2.20. The van der Waals surface area contributed by atoms with E-state index in [2.05, 4.69) is 0 Å². The molecule has 7 nitrogen and oxygen atoms in total. The maximum atomic E-state index is 12.0. The van der Waals surface area contributed by atoms with Crippen LogP contribution in [0.1, 0.15) is 39.6 Å². The zero-order chi connectivity index (χ0) is 16.6. The number of benzene rings is 1. The van der Waals surface area contributed by atoms with Gasteiger partial charge < -0.3 is 25.2 Å². The monoisotopic (exact) mass is 308 g/mol. The van der Waals surface area contributed by atoms with Crippen molar-refractivity contribution in [3.8, 4) is 11.5 Å². The van der Waals surface area contributed by atoms with E-state index in [1.165, 1.54) is 13.2 Å². The number of phenolic OH excluding ortho intramolecular Hbond substituents is 1. The number of aliphatic hydroxyl groups excluding tert-OH is 3. The number of aromatic hydroxyl groups is 1. The SMILES string of the molecule is COc1cc2c(c(O)c1CCC(C)O)C(=O)C(O)=C(O)C2=O. The Morgan fingerprint density at radius 1 is 1.14 bits per heavy atom. The molecule has 0 aliphatic heterocycles. The van der Waals surface area contributed by atoms with E-state index in [9.17, 15) is 30.0 Å². The molecule has 118 valence electrons. The third-order valence-corrected chi connectivity index (χ3v) is 3.52. The number of hydrogen-bond acceptors (Lipinski definition) is 7. The summed E-state index contributed by atoms with van der Waals surface area (Å²) in [6.07, 6.45) is -0.120. The van der Waals surface area contributed by atoms with Crippen LogP contribution in [-0.4, -0.2) is 45.2 Å². The van der Waals surface area contributed by atoms with Crippen LogP contribution in [0.5, 0.6) is 11.5 Å². The van der Waals surface area contributed by atoms with E-state index in [0.29, 0.717) is 6.42 Å². The van der Waals surface area contributed by atoms with E-state index in [4.69, 9.17) is 4.74 Å². The fraction of sp³-hybridized carbons (Fsp3) is 0.333. The number of carbonyl (C=O) groups excluding carboxylic acids is 2. The van der Waals surface area contributed by atoms with Crippen molar-refractivity contribution in [3.05, 3.63) is 34.3 Å². The second-order valence-electron chi connectivity index (χ2n) is 5.07. The Morgan fingerprint density at radius 3 is 2.27 bits per heavy atom. The summed E-state index contributed by atoms with van der Waals surface area (Å²) in [5.74, 6) is -4.50. The van der Waals surface area contributed by atoms with Gasteiger partial charge in [0.2, 0.25) is 23.1 Å². The predicted octanol–water partition coefficient (Wildman–Crippen LogP) is 1.42. The second-order valence-corrected chi connectivity index (χ2v) is 5.07. The summed E-state index contributed by atoms with van der Waals surface area (Å²) in [5, 5.41) is 38.6. The second kappa shape index (κ2) is 5.69. The number of ether oxygens (including phenoxy) is 1. The number of Topliss-reactive ketones (excluding diaryl/α,β-unsaturated/α-hetero) is 2. The van der Waals surface area contributed by atoms with Crippen molar-refractivity contribution < 1.29 is 34.8 Å². The lowest BCUT2D eigenvalue weighted by atomic mass is 9.88. The molecule has 0 fully saturated rings. The maximum Gasteiger partial charge on any atom is 0.235 e. The van der Waals surface area contributed by atoms with Crippen molar-refractivity contribution >= 4 is 11.6 Å². The summed E-state index contributed by atoms with van der Waals surface area (Å²) in [6, 6.07) is 1.23. The number of fused-ring (bicyclic) bond motifs is 1. The number of allylic oxidation sites excluding steroid dienone is 2. The van der Waals surface area contributed by atoms with Crippen LogP contribution < -0.4 is 4.74 Å². The van der Waals surface area contributed by atoms with Gasteiger partial charge in [-0.2, -0.15) is 0 Å². The van der Waals surface area contributed by atoms with Crippen LogP contribution in [0.15, 0.2) is 17.6 Å². The molecular weight excluding hydrogens is 292 g/mol. The zero-order valence-electron chi connectivity index (χ0n) is 12.1. The van der Waals surface area contributed by atoms with Crippen LogP contribution >= 0.6 is 0 Å². The molecule has 0 saturated heterocycles. The zero-order valence-corrected chi connectivity index (χ0v) is 12.1. The average molecular weight is 308 g/mol. The normalized spacial score (nSPS) is 15.8. The van der Waals surface area contributed by atoms with Gasteiger partial charge in [0.05, 0.1) is 18.8 Å². The first-order valence-corrected chi connectivity index (χ1v) is 6.62. The summed E-state index contributed by atoms with van der Waals surface area (Å²) in [7, 11) is 1.33. The predicted molar refractivity (Wildman–Crippen MR) is 75.6 cm³/mol. The van der Waals surface area contributed by atoms with Gasteiger partial charge in [0.25, 0.3) is 0 Å². The molecule has 1 aromatic rings. The number of methoxy groups -OCH3 is 1. The molecule has 22 heavy (non-hydrogen) atoms. The highest BCUT2D eigenvalue weighted by atomic mass is 16.5. The molecule has 0 bridgehead atoms. The third-order valence-electron chi connectivity index (χ3n) is 3.52. The Morgan fingerprint density at radius 2 is 1.73 bits per heavy atom. The van der Waals surface area contributed by atoms with E-state index < -0.39 is 34.9 Å². The molecule has 4 N–H and O–H groups in total. The molecule has 2 rings (SSSR count). The molecule has 1 unspecified atom stereocenters. The van der Waals surface area contributed by atoms with E-state index in [1.807, 2.05) is 0 Å². The largest absolute Gasteiger partial charge is 0.507 e. The lowest BCUT2D eigenvalue weighted by molar-refractivity contribution is 0.0877. The van der Waals surface area contributed by atoms with E-state index in [0.717, 1.165) is 0 Å². The molecule has 0 aromatic heterocycles. The molecule has 1 aromatic carbocycles. The van der Waals surface area contributed by atoms with Gasteiger partial charge >= 0.3 is 0 Å². The highest BCUT2D eigenvalue weighted by Gasteiger charge is 2.36. The van der Waals surface area contributed by atoms with Gasteiger partial charge in [-0.3, -0.25) is 9.59 Å². The highest BCUT2D eigenvalue weighted by Crippen LogP contribution is 2.39. The number of rotatable bonds is 4.